The minimum atomic E-state index is -0.376. The van der Waals surface area contributed by atoms with Gasteiger partial charge in [0.05, 0.1) is 6.10 Å². The second-order valence-corrected chi connectivity index (χ2v) is 3.35. The molecule has 78 valence electrons. The molecule has 1 aromatic carbocycles. The Hall–Kier alpha value is -0.890. The van der Waals surface area contributed by atoms with E-state index in [1.807, 2.05) is 13.8 Å². The molecule has 1 nitrogen and oxygen atoms in total. The lowest BCUT2D eigenvalue weighted by Crippen LogP contribution is -1.93. The summed E-state index contributed by atoms with van der Waals surface area (Å²) in [4.78, 5) is 0. The highest BCUT2D eigenvalue weighted by atomic mass is 19.1. The Balaban J connectivity index is 0.000000461. The minimum Gasteiger partial charge on any atom is -0.388 e. The maximum atomic E-state index is 13.0. The van der Waals surface area contributed by atoms with Crippen molar-refractivity contribution >= 4 is 0 Å². The molecule has 0 fully saturated rings. The summed E-state index contributed by atoms with van der Waals surface area (Å²) in [5, 5.41) is 9.47. The monoisotopic (exact) mass is 196 g/mol. The molecule has 1 aliphatic carbocycles. The third kappa shape index (κ3) is 1.95. The molecule has 1 unspecified atom stereocenters. The molecule has 0 saturated carbocycles. The van der Waals surface area contributed by atoms with E-state index in [1.165, 1.54) is 0 Å². The van der Waals surface area contributed by atoms with Crippen LogP contribution in [0.4, 0.5) is 4.39 Å². The fourth-order valence-corrected chi connectivity index (χ4v) is 1.72. The van der Waals surface area contributed by atoms with Gasteiger partial charge in [-0.15, -0.1) is 0 Å². The van der Waals surface area contributed by atoms with Crippen molar-refractivity contribution < 1.29 is 9.50 Å². The fourth-order valence-electron chi connectivity index (χ4n) is 1.72. The van der Waals surface area contributed by atoms with E-state index in [4.69, 9.17) is 0 Å². The van der Waals surface area contributed by atoms with Crippen LogP contribution in [0.3, 0.4) is 0 Å². The van der Waals surface area contributed by atoms with Crippen molar-refractivity contribution in [3.05, 3.63) is 34.6 Å². The van der Waals surface area contributed by atoms with Crippen LogP contribution in [-0.4, -0.2) is 5.11 Å². The Morgan fingerprint density at radius 1 is 1.36 bits per heavy atom. The van der Waals surface area contributed by atoms with Crippen LogP contribution in [0.25, 0.3) is 0 Å². The molecular formula is C12H17FO. The Kier molecular flexibility index (Phi) is 3.64. The molecule has 0 radical (unpaired) electrons. The minimum absolute atomic E-state index is 0.164. The Morgan fingerprint density at radius 3 is 2.64 bits per heavy atom. The SMILES string of the molecule is CC.Cc1cc2c(cc1F)CCC2O. The lowest BCUT2D eigenvalue weighted by atomic mass is 10.1. The molecule has 0 bridgehead atoms. The number of benzene rings is 1. The predicted molar refractivity (Wildman–Crippen MR) is 55.8 cm³/mol. The van der Waals surface area contributed by atoms with E-state index in [1.54, 1.807) is 19.1 Å². The van der Waals surface area contributed by atoms with Gasteiger partial charge in [-0.2, -0.15) is 0 Å². The molecule has 0 saturated heterocycles. The molecular weight excluding hydrogens is 179 g/mol. The number of hydrogen-bond acceptors (Lipinski definition) is 1. The Morgan fingerprint density at radius 2 is 2.00 bits per heavy atom. The molecule has 0 amide bonds. The standard InChI is InChI=1S/C10H11FO.C2H6/c1-6-4-8-7(5-9(6)11)2-3-10(8)12;1-2/h4-5,10,12H,2-3H2,1H3;1-2H3. The van der Waals surface area contributed by atoms with Crippen LogP contribution in [0.15, 0.2) is 12.1 Å². The molecule has 1 N–H and O–H groups in total. The maximum Gasteiger partial charge on any atom is 0.126 e. The van der Waals surface area contributed by atoms with E-state index in [0.717, 1.165) is 24.0 Å². The van der Waals surface area contributed by atoms with Gasteiger partial charge in [-0.3, -0.25) is 0 Å². The van der Waals surface area contributed by atoms with E-state index in [0.29, 0.717) is 5.56 Å². The van der Waals surface area contributed by atoms with Crippen molar-refractivity contribution in [1.82, 2.24) is 0 Å². The highest BCUT2D eigenvalue weighted by Crippen LogP contribution is 2.32. The first-order chi connectivity index (χ1) is 6.68. The zero-order chi connectivity index (χ0) is 10.7. The molecule has 2 rings (SSSR count). The molecule has 0 aromatic heterocycles. The van der Waals surface area contributed by atoms with Gasteiger partial charge in [0.25, 0.3) is 0 Å². The summed E-state index contributed by atoms with van der Waals surface area (Å²) in [5.41, 5.74) is 2.49. The summed E-state index contributed by atoms with van der Waals surface area (Å²) in [6.45, 7) is 5.72. The molecule has 2 heteroatoms. The van der Waals surface area contributed by atoms with Gasteiger partial charge >= 0.3 is 0 Å². The van der Waals surface area contributed by atoms with Crippen LogP contribution < -0.4 is 0 Å². The molecule has 0 aliphatic heterocycles. The van der Waals surface area contributed by atoms with Crippen LogP contribution in [-0.2, 0) is 6.42 Å². The van der Waals surface area contributed by atoms with Crippen molar-refractivity contribution in [3.63, 3.8) is 0 Å². The molecule has 14 heavy (non-hydrogen) atoms. The van der Waals surface area contributed by atoms with Crippen LogP contribution in [0.5, 0.6) is 0 Å². The van der Waals surface area contributed by atoms with Crippen LogP contribution in [0.2, 0.25) is 0 Å². The van der Waals surface area contributed by atoms with Gasteiger partial charge in [0.15, 0.2) is 0 Å². The summed E-state index contributed by atoms with van der Waals surface area (Å²) in [7, 11) is 0. The van der Waals surface area contributed by atoms with Gasteiger partial charge in [-0.1, -0.05) is 19.9 Å². The average molecular weight is 196 g/mol. The zero-order valence-corrected chi connectivity index (χ0v) is 8.97. The summed E-state index contributed by atoms with van der Waals surface area (Å²) in [6.07, 6.45) is 1.16. The van der Waals surface area contributed by atoms with E-state index in [9.17, 15) is 9.50 Å². The number of halogens is 1. The highest BCUT2D eigenvalue weighted by molar-refractivity contribution is 5.37. The van der Waals surface area contributed by atoms with E-state index in [2.05, 4.69) is 0 Å². The topological polar surface area (TPSA) is 20.2 Å². The number of aliphatic hydroxyl groups excluding tert-OH is 1. The number of aryl methyl sites for hydroxylation is 2. The predicted octanol–water partition coefficient (Wildman–Crippen LogP) is 3.14. The van der Waals surface area contributed by atoms with Crippen molar-refractivity contribution in [2.24, 2.45) is 0 Å². The molecule has 1 atom stereocenters. The largest absolute Gasteiger partial charge is 0.388 e. The number of rotatable bonds is 0. The van der Waals surface area contributed by atoms with E-state index < -0.39 is 0 Å². The quantitative estimate of drug-likeness (QED) is 0.675. The summed E-state index contributed by atoms with van der Waals surface area (Å²) >= 11 is 0. The maximum absolute atomic E-state index is 13.0. The van der Waals surface area contributed by atoms with Crippen LogP contribution in [0.1, 0.15) is 43.1 Å². The van der Waals surface area contributed by atoms with Crippen LogP contribution >= 0.6 is 0 Å². The smallest absolute Gasteiger partial charge is 0.126 e. The first-order valence-electron chi connectivity index (χ1n) is 5.15. The summed E-state index contributed by atoms with van der Waals surface area (Å²) in [6, 6.07) is 3.29. The van der Waals surface area contributed by atoms with Gasteiger partial charge < -0.3 is 5.11 Å². The van der Waals surface area contributed by atoms with Gasteiger partial charge in [-0.25, -0.2) is 4.39 Å². The van der Waals surface area contributed by atoms with Gasteiger partial charge in [-0.05, 0) is 42.5 Å². The highest BCUT2D eigenvalue weighted by Gasteiger charge is 2.21. The third-order valence-corrected chi connectivity index (χ3v) is 2.47. The van der Waals surface area contributed by atoms with E-state index >= 15 is 0 Å². The van der Waals surface area contributed by atoms with Crippen molar-refractivity contribution in [2.75, 3.05) is 0 Å². The van der Waals surface area contributed by atoms with Crippen molar-refractivity contribution in [2.45, 2.75) is 39.7 Å². The number of fused-ring (bicyclic) bond motifs is 1. The Bertz CT molecular complexity index is 320. The molecule has 0 spiro atoms. The van der Waals surface area contributed by atoms with Crippen molar-refractivity contribution in [3.8, 4) is 0 Å². The van der Waals surface area contributed by atoms with Crippen LogP contribution in [0, 0.1) is 12.7 Å². The van der Waals surface area contributed by atoms with Gasteiger partial charge in [0.2, 0.25) is 0 Å². The van der Waals surface area contributed by atoms with E-state index in [-0.39, 0.29) is 11.9 Å². The number of hydrogen-bond donors (Lipinski definition) is 1. The lowest BCUT2D eigenvalue weighted by Gasteiger charge is -2.05. The number of aliphatic hydroxyl groups is 1. The summed E-state index contributed by atoms with van der Waals surface area (Å²) < 4.78 is 13.0. The van der Waals surface area contributed by atoms with Gasteiger partial charge in [0, 0.05) is 0 Å². The molecule has 1 aliphatic rings. The van der Waals surface area contributed by atoms with Crippen molar-refractivity contribution in [1.29, 1.82) is 0 Å². The fraction of sp³-hybridized carbons (Fsp3) is 0.500. The average Bonchev–Trinajstić information content (AvgIpc) is 2.53. The first-order valence-corrected chi connectivity index (χ1v) is 5.15. The summed E-state index contributed by atoms with van der Waals surface area (Å²) in [5.74, 6) is -0.164. The molecule has 0 heterocycles. The first kappa shape index (κ1) is 11.2. The molecule has 1 aromatic rings. The lowest BCUT2D eigenvalue weighted by molar-refractivity contribution is 0.180. The Labute approximate surface area is 84.6 Å². The second-order valence-electron chi connectivity index (χ2n) is 3.35. The normalized spacial score (nSPS) is 18.5. The zero-order valence-electron chi connectivity index (χ0n) is 8.97. The third-order valence-electron chi connectivity index (χ3n) is 2.47. The van der Waals surface area contributed by atoms with Gasteiger partial charge in [0.1, 0.15) is 5.82 Å². The second kappa shape index (κ2) is 4.56.